The highest BCUT2D eigenvalue weighted by molar-refractivity contribution is 9.10. The van der Waals surface area contributed by atoms with Crippen molar-refractivity contribution in [3.05, 3.63) is 75.0 Å². The topological polar surface area (TPSA) is 48.7 Å². The van der Waals surface area contributed by atoms with Crippen molar-refractivity contribution in [2.75, 3.05) is 38.5 Å². The molecule has 0 spiro atoms. The zero-order valence-electron chi connectivity index (χ0n) is 16.5. The number of rotatable bonds is 5. The Morgan fingerprint density at radius 3 is 2.55 bits per heavy atom. The summed E-state index contributed by atoms with van der Waals surface area (Å²) in [4.78, 5) is 18.7. The van der Waals surface area contributed by atoms with Gasteiger partial charge >= 0.3 is 0 Å². The Morgan fingerprint density at radius 1 is 1.17 bits per heavy atom. The van der Waals surface area contributed by atoms with Crippen molar-refractivity contribution in [3.63, 3.8) is 0 Å². The number of piperazine rings is 1. The zero-order chi connectivity index (χ0) is 20.4. The lowest BCUT2D eigenvalue weighted by Gasteiger charge is -2.38. The summed E-state index contributed by atoms with van der Waals surface area (Å²) >= 11 is 5.15. The minimum absolute atomic E-state index is 0.0913. The predicted octanol–water partition coefficient (Wildman–Crippen LogP) is 5.00. The number of benzene rings is 1. The number of thiophene rings is 1. The molecule has 0 saturated carbocycles. The van der Waals surface area contributed by atoms with Gasteiger partial charge < -0.3 is 14.6 Å². The molecule has 2 aromatic heterocycles. The van der Waals surface area contributed by atoms with Crippen molar-refractivity contribution in [1.29, 1.82) is 0 Å². The van der Waals surface area contributed by atoms with Gasteiger partial charge in [0.25, 0.3) is 5.91 Å². The Morgan fingerprint density at radius 2 is 1.90 bits per heavy atom. The number of carbonyl (C=O) groups is 1. The molecule has 1 aromatic carbocycles. The number of anilines is 1. The number of hydrogen-bond donors (Lipinski definition) is 1. The average Bonchev–Trinajstić information content (AvgIpc) is 3.35. The van der Waals surface area contributed by atoms with Crippen LogP contribution in [0.3, 0.4) is 0 Å². The van der Waals surface area contributed by atoms with Crippen LogP contribution in [0.15, 0.2) is 57.6 Å². The van der Waals surface area contributed by atoms with Crippen LogP contribution < -0.4 is 5.32 Å². The number of nitrogens with zero attached hydrogens (tertiary/aromatic N) is 2. The quantitative estimate of drug-likeness (QED) is 0.566. The number of halogens is 1. The maximum absolute atomic E-state index is 12.6. The van der Waals surface area contributed by atoms with E-state index in [0.717, 1.165) is 41.2 Å². The standard InChI is InChI=1S/C22H24BrN3O2S/c1-15-14-18(22(29-15)24-21(27)19-4-3-13-28-19)20(16-5-7-17(23)8-6-16)26-11-9-25(2)10-12-26/h3-8,13-14,20H,9-12H2,1-2H3,(H,24,27). The molecule has 7 heteroatoms. The Labute approximate surface area is 183 Å². The maximum Gasteiger partial charge on any atom is 0.291 e. The van der Waals surface area contributed by atoms with Crippen molar-refractivity contribution in [2.45, 2.75) is 13.0 Å². The molecule has 0 radical (unpaired) electrons. The van der Waals surface area contributed by atoms with Crippen molar-refractivity contribution < 1.29 is 9.21 Å². The van der Waals surface area contributed by atoms with Gasteiger partial charge in [0.05, 0.1) is 12.3 Å². The minimum atomic E-state index is -0.217. The van der Waals surface area contributed by atoms with Crippen LogP contribution in [-0.4, -0.2) is 48.9 Å². The number of carbonyl (C=O) groups excluding carboxylic acids is 1. The van der Waals surface area contributed by atoms with Crippen molar-refractivity contribution in [1.82, 2.24) is 9.80 Å². The first kappa shape index (κ1) is 20.3. The summed E-state index contributed by atoms with van der Waals surface area (Å²) in [5.41, 5.74) is 2.36. The Bertz CT molecular complexity index is 961. The largest absolute Gasteiger partial charge is 0.459 e. The van der Waals surface area contributed by atoms with Gasteiger partial charge in [-0.05, 0) is 49.9 Å². The zero-order valence-corrected chi connectivity index (χ0v) is 18.9. The van der Waals surface area contributed by atoms with Gasteiger partial charge in [0, 0.05) is 41.1 Å². The van der Waals surface area contributed by atoms with Gasteiger partial charge in [-0.3, -0.25) is 9.69 Å². The molecule has 1 fully saturated rings. The van der Waals surface area contributed by atoms with Crippen LogP contribution in [-0.2, 0) is 0 Å². The van der Waals surface area contributed by atoms with E-state index < -0.39 is 0 Å². The fraction of sp³-hybridized carbons (Fsp3) is 0.318. The molecule has 0 aliphatic carbocycles. The first-order valence-corrected chi connectivity index (χ1v) is 11.3. The summed E-state index contributed by atoms with van der Waals surface area (Å²) in [5.74, 6) is 0.104. The van der Waals surface area contributed by atoms with E-state index in [0.29, 0.717) is 5.76 Å². The van der Waals surface area contributed by atoms with Gasteiger partial charge in [-0.1, -0.05) is 28.1 Å². The highest BCUT2D eigenvalue weighted by Crippen LogP contribution is 2.39. The second-order valence-corrected chi connectivity index (χ2v) is 9.54. The van der Waals surface area contributed by atoms with Crippen LogP contribution in [0.1, 0.15) is 32.6 Å². The molecule has 0 bridgehead atoms. The van der Waals surface area contributed by atoms with E-state index in [-0.39, 0.29) is 11.9 Å². The molecule has 152 valence electrons. The summed E-state index contributed by atoms with van der Waals surface area (Å²) < 4.78 is 6.33. The first-order chi connectivity index (χ1) is 14.0. The molecule has 29 heavy (non-hydrogen) atoms. The molecule has 1 aliphatic heterocycles. The second-order valence-electron chi connectivity index (χ2n) is 7.37. The van der Waals surface area contributed by atoms with Gasteiger partial charge in [0.15, 0.2) is 5.76 Å². The molecular weight excluding hydrogens is 450 g/mol. The highest BCUT2D eigenvalue weighted by Gasteiger charge is 2.29. The lowest BCUT2D eigenvalue weighted by Crippen LogP contribution is -2.46. The van der Waals surface area contributed by atoms with E-state index in [1.807, 2.05) is 0 Å². The van der Waals surface area contributed by atoms with E-state index in [4.69, 9.17) is 4.42 Å². The number of nitrogens with one attached hydrogen (secondary N) is 1. The Hall–Kier alpha value is -1.93. The molecule has 5 nitrogen and oxygen atoms in total. The number of amides is 1. The number of likely N-dealkylation sites (N-methyl/N-ethyl adjacent to an activating group) is 1. The molecule has 4 rings (SSSR count). The van der Waals surface area contributed by atoms with E-state index in [9.17, 15) is 4.79 Å². The van der Waals surface area contributed by atoms with E-state index in [1.165, 1.54) is 16.7 Å². The molecule has 1 saturated heterocycles. The first-order valence-electron chi connectivity index (χ1n) is 9.64. The summed E-state index contributed by atoms with van der Waals surface area (Å²) in [7, 11) is 2.16. The molecule has 1 amide bonds. The van der Waals surface area contributed by atoms with Gasteiger partial charge in [0.1, 0.15) is 5.00 Å². The second kappa shape index (κ2) is 8.83. The third-order valence-corrected chi connectivity index (χ3v) is 6.75. The average molecular weight is 474 g/mol. The van der Waals surface area contributed by atoms with Gasteiger partial charge in [0.2, 0.25) is 0 Å². The van der Waals surface area contributed by atoms with Gasteiger partial charge in [-0.2, -0.15) is 0 Å². The third kappa shape index (κ3) is 4.64. The molecular formula is C22H24BrN3O2S. The monoisotopic (exact) mass is 473 g/mol. The summed E-state index contributed by atoms with van der Waals surface area (Å²) in [6.07, 6.45) is 1.52. The highest BCUT2D eigenvalue weighted by atomic mass is 79.9. The summed E-state index contributed by atoms with van der Waals surface area (Å²) in [6, 6.07) is 14.2. The van der Waals surface area contributed by atoms with Gasteiger partial charge in [-0.25, -0.2) is 0 Å². The number of furan rings is 1. The smallest absolute Gasteiger partial charge is 0.291 e. The van der Waals surface area contributed by atoms with E-state index in [2.05, 4.69) is 75.3 Å². The summed E-state index contributed by atoms with van der Waals surface area (Å²) in [6.45, 7) is 6.11. The van der Waals surface area contributed by atoms with Crippen molar-refractivity contribution in [3.8, 4) is 0 Å². The van der Waals surface area contributed by atoms with Crippen LogP contribution in [0.25, 0.3) is 0 Å². The lowest BCUT2D eigenvalue weighted by atomic mass is 9.97. The predicted molar refractivity (Wildman–Crippen MR) is 121 cm³/mol. The maximum atomic E-state index is 12.6. The summed E-state index contributed by atoms with van der Waals surface area (Å²) in [5, 5.41) is 3.97. The molecule has 1 N–H and O–H groups in total. The third-order valence-electron chi connectivity index (χ3n) is 5.24. The SMILES string of the molecule is Cc1cc(C(c2ccc(Br)cc2)N2CCN(C)CC2)c(NC(=O)c2ccco2)s1. The van der Waals surface area contributed by atoms with Gasteiger partial charge in [-0.15, -0.1) is 11.3 Å². The van der Waals surface area contributed by atoms with E-state index in [1.54, 1.807) is 23.5 Å². The molecule has 3 heterocycles. The van der Waals surface area contributed by atoms with E-state index >= 15 is 0 Å². The fourth-order valence-electron chi connectivity index (χ4n) is 3.72. The van der Waals surface area contributed by atoms with Crippen molar-refractivity contribution in [2.24, 2.45) is 0 Å². The number of aryl methyl sites for hydroxylation is 1. The normalized spacial score (nSPS) is 16.7. The molecule has 1 unspecified atom stereocenters. The Kier molecular flexibility index (Phi) is 6.20. The minimum Gasteiger partial charge on any atom is -0.459 e. The van der Waals surface area contributed by atoms with Crippen LogP contribution in [0.4, 0.5) is 5.00 Å². The van der Waals surface area contributed by atoms with Crippen molar-refractivity contribution >= 4 is 38.2 Å². The molecule has 3 aromatic rings. The van der Waals surface area contributed by atoms with Crippen LogP contribution in [0, 0.1) is 6.92 Å². The lowest BCUT2D eigenvalue weighted by molar-refractivity contribution is 0.0996. The Balaban J connectivity index is 1.70. The molecule has 1 atom stereocenters. The fourth-order valence-corrected chi connectivity index (χ4v) is 4.92. The number of hydrogen-bond acceptors (Lipinski definition) is 5. The van der Waals surface area contributed by atoms with Crippen LogP contribution in [0.5, 0.6) is 0 Å². The molecule has 1 aliphatic rings. The van der Waals surface area contributed by atoms with Crippen LogP contribution >= 0.6 is 27.3 Å². The van der Waals surface area contributed by atoms with Crippen LogP contribution in [0.2, 0.25) is 0 Å².